The van der Waals surface area contributed by atoms with Crippen LogP contribution in [0, 0.1) is 0 Å². The standard InChI is InChI=1S/C7H12N2O2/c1-2-6(10)8-9-5-3-4-7(9)11/h2-5H2,1H3,(H,8,10). The molecule has 1 aliphatic rings. The second-order valence-corrected chi connectivity index (χ2v) is 2.54. The van der Waals surface area contributed by atoms with Crippen molar-refractivity contribution in [3.8, 4) is 0 Å². The number of hydrogen-bond donors (Lipinski definition) is 1. The van der Waals surface area contributed by atoms with E-state index < -0.39 is 0 Å². The molecule has 1 saturated heterocycles. The highest BCUT2D eigenvalue weighted by molar-refractivity contribution is 5.83. The Labute approximate surface area is 65.5 Å². The van der Waals surface area contributed by atoms with E-state index in [-0.39, 0.29) is 11.8 Å². The Balaban J connectivity index is 2.36. The van der Waals surface area contributed by atoms with Crippen molar-refractivity contribution >= 4 is 11.8 Å². The van der Waals surface area contributed by atoms with Crippen LogP contribution in [0.4, 0.5) is 0 Å². The molecule has 1 aliphatic heterocycles. The van der Waals surface area contributed by atoms with E-state index in [0.717, 1.165) is 6.42 Å². The van der Waals surface area contributed by atoms with Gasteiger partial charge in [0.1, 0.15) is 0 Å². The van der Waals surface area contributed by atoms with Gasteiger partial charge in [-0.05, 0) is 6.42 Å². The van der Waals surface area contributed by atoms with Crippen molar-refractivity contribution < 1.29 is 9.59 Å². The van der Waals surface area contributed by atoms with E-state index in [1.807, 2.05) is 0 Å². The molecular weight excluding hydrogens is 144 g/mol. The van der Waals surface area contributed by atoms with Gasteiger partial charge in [-0.2, -0.15) is 0 Å². The molecule has 1 heterocycles. The summed E-state index contributed by atoms with van der Waals surface area (Å²) in [5.74, 6) is -0.0768. The van der Waals surface area contributed by atoms with Gasteiger partial charge >= 0.3 is 0 Å². The molecule has 1 fully saturated rings. The van der Waals surface area contributed by atoms with E-state index in [1.165, 1.54) is 5.01 Å². The normalized spacial score (nSPS) is 17.2. The predicted molar refractivity (Wildman–Crippen MR) is 39.4 cm³/mol. The highest BCUT2D eigenvalue weighted by Crippen LogP contribution is 2.05. The lowest BCUT2D eigenvalue weighted by atomic mass is 10.4. The molecule has 0 saturated carbocycles. The monoisotopic (exact) mass is 156 g/mol. The van der Waals surface area contributed by atoms with Crippen LogP contribution in [0.2, 0.25) is 0 Å². The molecule has 1 N–H and O–H groups in total. The van der Waals surface area contributed by atoms with Gasteiger partial charge in [0, 0.05) is 19.4 Å². The Kier molecular flexibility index (Phi) is 2.46. The Morgan fingerprint density at radius 2 is 2.45 bits per heavy atom. The summed E-state index contributed by atoms with van der Waals surface area (Å²) >= 11 is 0. The van der Waals surface area contributed by atoms with E-state index in [0.29, 0.717) is 19.4 Å². The SMILES string of the molecule is CCC(=O)NN1CCCC1=O. The average Bonchev–Trinajstić information content (AvgIpc) is 2.37. The minimum absolute atomic E-state index is 0.0202. The van der Waals surface area contributed by atoms with Crippen LogP contribution in [0.1, 0.15) is 26.2 Å². The van der Waals surface area contributed by atoms with E-state index >= 15 is 0 Å². The van der Waals surface area contributed by atoms with Crippen LogP contribution in [-0.4, -0.2) is 23.4 Å². The van der Waals surface area contributed by atoms with E-state index in [1.54, 1.807) is 6.92 Å². The first-order chi connectivity index (χ1) is 5.24. The second-order valence-electron chi connectivity index (χ2n) is 2.54. The van der Waals surface area contributed by atoms with Crippen LogP contribution in [-0.2, 0) is 9.59 Å². The molecule has 0 aliphatic carbocycles. The molecule has 0 spiro atoms. The predicted octanol–water partition coefficient (Wildman–Crippen LogP) is 0.0500. The van der Waals surface area contributed by atoms with Gasteiger partial charge in [-0.3, -0.25) is 20.0 Å². The summed E-state index contributed by atoms with van der Waals surface area (Å²) in [5.41, 5.74) is 2.52. The third kappa shape index (κ3) is 1.93. The Hall–Kier alpha value is -1.06. The molecule has 1 rings (SSSR count). The van der Waals surface area contributed by atoms with Crippen LogP contribution >= 0.6 is 0 Å². The Morgan fingerprint density at radius 1 is 1.73 bits per heavy atom. The maximum atomic E-state index is 10.9. The third-order valence-electron chi connectivity index (χ3n) is 1.65. The number of nitrogens with zero attached hydrogens (tertiary/aromatic N) is 1. The largest absolute Gasteiger partial charge is 0.273 e. The number of nitrogens with one attached hydrogen (secondary N) is 1. The second kappa shape index (κ2) is 3.37. The topological polar surface area (TPSA) is 49.4 Å². The van der Waals surface area contributed by atoms with Crippen LogP contribution in [0.15, 0.2) is 0 Å². The lowest BCUT2D eigenvalue weighted by Gasteiger charge is -2.15. The van der Waals surface area contributed by atoms with E-state index in [2.05, 4.69) is 5.43 Å². The molecule has 2 amide bonds. The summed E-state index contributed by atoms with van der Waals surface area (Å²) in [7, 11) is 0. The first kappa shape index (κ1) is 8.04. The average molecular weight is 156 g/mol. The zero-order valence-corrected chi connectivity index (χ0v) is 6.59. The summed E-state index contributed by atoms with van der Waals surface area (Å²) in [4.78, 5) is 21.7. The highest BCUT2D eigenvalue weighted by atomic mass is 16.2. The van der Waals surface area contributed by atoms with Crippen molar-refractivity contribution in [3.05, 3.63) is 0 Å². The Bertz CT molecular complexity index is 179. The number of hydrazine groups is 1. The molecule has 4 nitrogen and oxygen atoms in total. The van der Waals surface area contributed by atoms with Crippen LogP contribution < -0.4 is 5.43 Å². The Morgan fingerprint density at radius 3 is 2.91 bits per heavy atom. The quantitative estimate of drug-likeness (QED) is 0.614. The minimum atomic E-state index is -0.0970. The highest BCUT2D eigenvalue weighted by Gasteiger charge is 2.20. The molecule has 0 radical (unpaired) electrons. The van der Waals surface area contributed by atoms with Gasteiger partial charge in [-0.25, -0.2) is 0 Å². The fourth-order valence-electron chi connectivity index (χ4n) is 0.996. The summed E-state index contributed by atoms with van der Waals surface area (Å²) in [5, 5.41) is 1.39. The number of amides is 2. The third-order valence-corrected chi connectivity index (χ3v) is 1.65. The summed E-state index contributed by atoms with van der Waals surface area (Å²) in [6, 6.07) is 0. The molecule has 0 aromatic rings. The fraction of sp³-hybridized carbons (Fsp3) is 0.714. The molecule has 4 heteroatoms. The van der Waals surface area contributed by atoms with E-state index in [4.69, 9.17) is 0 Å². The van der Waals surface area contributed by atoms with Crippen LogP contribution in [0.5, 0.6) is 0 Å². The van der Waals surface area contributed by atoms with E-state index in [9.17, 15) is 9.59 Å². The molecule has 0 atom stereocenters. The van der Waals surface area contributed by atoms with Crippen LogP contribution in [0.25, 0.3) is 0 Å². The van der Waals surface area contributed by atoms with Gasteiger partial charge in [0.15, 0.2) is 0 Å². The van der Waals surface area contributed by atoms with Gasteiger partial charge in [-0.15, -0.1) is 0 Å². The van der Waals surface area contributed by atoms with Crippen molar-refractivity contribution in [2.24, 2.45) is 0 Å². The maximum Gasteiger partial charge on any atom is 0.241 e. The van der Waals surface area contributed by atoms with Crippen molar-refractivity contribution in [2.45, 2.75) is 26.2 Å². The molecule has 0 aromatic heterocycles. The summed E-state index contributed by atoms with van der Waals surface area (Å²) in [6.07, 6.45) is 1.83. The molecular formula is C7H12N2O2. The summed E-state index contributed by atoms with van der Waals surface area (Å²) < 4.78 is 0. The first-order valence-corrected chi connectivity index (χ1v) is 3.84. The molecule has 62 valence electrons. The first-order valence-electron chi connectivity index (χ1n) is 3.84. The van der Waals surface area contributed by atoms with Crippen LogP contribution in [0.3, 0.4) is 0 Å². The zero-order valence-electron chi connectivity index (χ0n) is 6.59. The van der Waals surface area contributed by atoms with Gasteiger partial charge in [-0.1, -0.05) is 6.92 Å². The van der Waals surface area contributed by atoms with Gasteiger partial charge in [0.2, 0.25) is 11.8 Å². The summed E-state index contributed by atoms with van der Waals surface area (Å²) in [6.45, 7) is 2.42. The molecule has 0 unspecified atom stereocenters. The fourth-order valence-corrected chi connectivity index (χ4v) is 0.996. The molecule has 0 aromatic carbocycles. The number of hydrogen-bond acceptors (Lipinski definition) is 2. The zero-order chi connectivity index (χ0) is 8.27. The van der Waals surface area contributed by atoms with Gasteiger partial charge in [0.05, 0.1) is 0 Å². The number of rotatable bonds is 2. The van der Waals surface area contributed by atoms with Crippen molar-refractivity contribution in [1.29, 1.82) is 0 Å². The lowest BCUT2D eigenvalue weighted by molar-refractivity contribution is -0.138. The van der Waals surface area contributed by atoms with Crippen molar-refractivity contribution in [1.82, 2.24) is 10.4 Å². The van der Waals surface area contributed by atoms with Crippen molar-refractivity contribution in [2.75, 3.05) is 6.54 Å². The number of carbonyl (C=O) groups excluding carboxylic acids is 2. The molecule has 0 bridgehead atoms. The smallest absolute Gasteiger partial charge is 0.241 e. The molecule has 11 heavy (non-hydrogen) atoms. The number of carbonyl (C=O) groups is 2. The maximum absolute atomic E-state index is 10.9. The van der Waals surface area contributed by atoms with Crippen molar-refractivity contribution in [3.63, 3.8) is 0 Å². The minimum Gasteiger partial charge on any atom is -0.273 e. The lowest BCUT2D eigenvalue weighted by Crippen LogP contribution is -2.42. The van der Waals surface area contributed by atoms with Gasteiger partial charge in [0.25, 0.3) is 0 Å². The van der Waals surface area contributed by atoms with Gasteiger partial charge < -0.3 is 0 Å².